The van der Waals surface area contributed by atoms with Crippen molar-refractivity contribution in [1.29, 1.82) is 0 Å². The molecule has 1 fully saturated rings. The number of hydrogen-bond acceptors (Lipinski definition) is 5. The van der Waals surface area contributed by atoms with Crippen LogP contribution in [0.25, 0.3) is 0 Å². The molecule has 1 aliphatic rings. The molecule has 2 aromatic heterocycles. The van der Waals surface area contributed by atoms with Crippen LogP contribution < -0.4 is 10.6 Å². The van der Waals surface area contributed by atoms with E-state index in [2.05, 4.69) is 25.7 Å². The largest absolute Gasteiger partial charge is 0.373 e. The van der Waals surface area contributed by atoms with Crippen LogP contribution in [0.3, 0.4) is 0 Å². The molecule has 2 heterocycles. The van der Waals surface area contributed by atoms with Crippen LogP contribution in [0.2, 0.25) is 0 Å². The van der Waals surface area contributed by atoms with Gasteiger partial charge in [-0.25, -0.2) is 9.97 Å². The third kappa shape index (κ3) is 3.07. The Hall–Kier alpha value is -2.11. The highest BCUT2D eigenvalue weighted by Crippen LogP contribution is 2.38. The summed E-state index contributed by atoms with van der Waals surface area (Å²) in [6.07, 6.45) is 5.27. The summed E-state index contributed by atoms with van der Waals surface area (Å²) in [7, 11) is 3.82. The second kappa shape index (κ2) is 5.48. The lowest BCUT2D eigenvalue weighted by Crippen LogP contribution is -2.09. The van der Waals surface area contributed by atoms with Crippen LogP contribution in [0.15, 0.2) is 18.3 Å². The van der Waals surface area contributed by atoms with Crippen molar-refractivity contribution in [3.8, 4) is 0 Å². The van der Waals surface area contributed by atoms with Gasteiger partial charge in [-0.3, -0.25) is 4.68 Å². The van der Waals surface area contributed by atoms with E-state index in [0.717, 1.165) is 36.1 Å². The highest BCUT2D eigenvalue weighted by molar-refractivity contribution is 5.47. The molecule has 6 nitrogen and oxygen atoms in total. The Labute approximate surface area is 118 Å². The van der Waals surface area contributed by atoms with Crippen LogP contribution in [-0.4, -0.2) is 33.3 Å². The quantitative estimate of drug-likeness (QED) is 0.839. The molecule has 0 amide bonds. The molecule has 0 atom stereocenters. The van der Waals surface area contributed by atoms with Gasteiger partial charge in [0.05, 0.1) is 5.69 Å². The molecule has 0 spiro atoms. The molecule has 1 saturated carbocycles. The van der Waals surface area contributed by atoms with E-state index in [1.54, 1.807) is 0 Å². The number of rotatable bonds is 6. The van der Waals surface area contributed by atoms with E-state index < -0.39 is 0 Å². The van der Waals surface area contributed by atoms with Crippen molar-refractivity contribution >= 4 is 11.6 Å². The maximum atomic E-state index is 4.59. The number of nitrogens with one attached hydrogen (secondary N) is 2. The van der Waals surface area contributed by atoms with Gasteiger partial charge >= 0.3 is 0 Å². The van der Waals surface area contributed by atoms with Crippen molar-refractivity contribution in [3.05, 3.63) is 29.8 Å². The SMILES string of the molecule is CNc1cc(NCCc2ccn(C)n2)nc(C2CC2)n1. The maximum absolute atomic E-state index is 4.59. The first-order valence-electron chi connectivity index (χ1n) is 7.04. The molecular formula is C14H20N6. The van der Waals surface area contributed by atoms with E-state index >= 15 is 0 Å². The Morgan fingerprint density at radius 3 is 2.75 bits per heavy atom. The fourth-order valence-electron chi connectivity index (χ4n) is 2.12. The van der Waals surface area contributed by atoms with Gasteiger partial charge < -0.3 is 10.6 Å². The number of anilines is 2. The zero-order chi connectivity index (χ0) is 13.9. The fourth-order valence-corrected chi connectivity index (χ4v) is 2.12. The lowest BCUT2D eigenvalue weighted by Gasteiger charge is -2.09. The molecule has 20 heavy (non-hydrogen) atoms. The van der Waals surface area contributed by atoms with Crippen LogP contribution in [0.5, 0.6) is 0 Å². The first-order chi connectivity index (χ1) is 9.74. The second-order valence-corrected chi connectivity index (χ2v) is 5.18. The number of aromatic nitrogens is 4. The Kier molecular flexibility index (Phi) is 3.54. The molecule has 0 aliphatic heterocycles. The summed E-state index contributed by atoms with van der Waals surface area (Å²) in [6, 6.07) is 3.99. The molecule has 0 aromatic carbocycles. The van der Waals surface area contributed by atoms with Gasteiger partial charge in [-0.2, -0.15) is 5.10 Å². The lowest BCUT2D eigenvalue weighted by molar-refractivity contribution is 0.741. The van der Waals surface area contributed by atoms with E-state index in [1.807, 2.05) is 37.1 Å². The molecule has 2 N–H and O–H groups in total. The van der Waals surface area contributed by atoms with Crippen molar-refractivity contribution in [3.63, 3.8) is 0 Å². The number of aryl methyl sites for hydroxylation is 1. The average molecular weight is 272 g/mol. The normalized spacial score (nSPS) is 14.3. The maximum Gasteiger partial charge on any atom is 0.136 e. The van der Waals surface area contributed by atoms with Gasteiger partial charge in [0, 0.05) is 45.2 Å². The molecule has 3 rings (SSSR count). The molecule has 6 heteroatoms. The van der Waals surface area contributed by atoms with Crippen molar-refractivity contribution < 1.29 is 0 Å². The van der Waals surface area contributed by atoms with Gasteiger partial charge in [-0.05, 0) is 18.9 Å². The summed E-state index contributed by atoms with van der Waals surface area (Å²) in [5, 5.41) is 10.8. The van der Waals surface area contributed by atoms with E-state index in [0.29, 0.717) is 5.92 Å². The number of hydrogen-bond donors (Lipinski definition) is 2. The van der Waals surface area contributed by atoms with Crippen LogP contribution in [0.4, 0.5) is 11.6 Å². The molecule has 106 valence electrons. The first-order valence-corrected chi connectivity index (χ1v) is 7.04. The Morgan fingerprint density at radius 2 is 2.10 bits per heavy atom. The van der Waals surface area contributed by atoms with Crippen LogP contribution >= 0.6 is 0 Å². The highest BCUT2D eigenvalue weighted by Gasteiger charge is 2.27. The van der Waals surface area contributed by atoms with Crippen LogP contribution in [0.1, 0.15) is 30.3 Å². The van der Waals surface area contributed by atoms with Crippen molar-refractivity contribution in [2.24, 2.45) is 7.05 Å². The van der Waals surface area contributed by atoms with E-state index in [4.69, 9.17) is 0 Å². The lowest BCUT2D eigenvalue weighted by atomic mass is 10.3. The van der Waals surface area contributed by atoms with E-state index in [1.165, 1.54) is 12.8 Å². The summed E-state index contributed by atoms with van der Waals surface area (Å²) < 4.78 is 1.82. The summed E-state index contributed by atoms with van der Waals surface area (Å²) >= 11 is 0. The minimum atomic E-state index is 0.555. The zero-order valence-corrected chi connectivity index (χ0v) is 11.9. The van der Waals surface area contributed by atoms with Crippen LogP contribution in [-0.2, 0) is 13.5 Å². The summed E-state index contributed by atoms with van der Waals surface area (Å²) in [5.41, 5.74) is 1.09. The summed E-state index contributed by atoms with van der Waals surface area (Å²) in [4.78, 5) is 9.10. The van der Waals surface area contributed by atoms with Gasteiger partial charge in [-0.1, -0.05) is 0 Å². The summed E-state index contributed by atoms with van der Waals surface area (Å²) in [6.45, 7) is 0.821. The van der Waals surface area contributed by atoms with Gasteiger partial charge in [0.2, 0.25) is 0 Å². The van der Waals surface area contributed by atoms with E-state index in [9.17, 15) is 0 Å². The van der Waals surface area contributed by atoms with Gasteiger partial charge in [0.15, 0.2) is 0 Å². The summed E-state index contributed by atoms with van der Waals surface area (Å²) in [5.74, 6) is 3.28. The highest BCUT2D eigenvalue weighted by atomic mass is 15.2. The molecular weight excluding hydrogens is 252 g/mol. The molecule has 0 radical (unpaired) electrons. The zero-order valence-electron chi connectivity index (χ0n) is 11.9. The fraction of sp³-hybridized carbons (Fsp3) is 0.500. The third-order valence-corrected chi connectivity index (χ3v) is 3.40. The predicted molar refractivity (Wildman–Crippen MR) is 79.0 cm³/mol. The van der Waals surface area contributed by atoms with Crippen molar-refractivity contribution in [1.82, 2.24) is 19.7 Å². The number of nitrogens with zero attached hydrogens (tertiary/aromatic N) is 4. The molecule has 0 saturated heterocycles. The average Bonchev–Trinajstić information content (AvgIpc) is 3.22. The standard InChI is InChI=1S/C14H20N6/c1-15-12-9-13(18-14(17-12)10-3-4-10)16-7-5-11-6-8-20(2)19-11/h6,8-10H,3-5,7H2,1-2H3,(H2,15,16,17,18). The molecule has 1 aliphatic carbocycles. The molecule has 2 aromatic rings. The minimum Gasteiger partial charge on any atom is -0.373 e. The molecule has 0 bridgehead atoms. The second-order valence-electron chi connectivity index (χ2n) is 5.18. The minimum absolute atomic E-state index is 0.555. The van der Waals surface area contributed by atoms with Gasteiger partial charge in [-0.15, -0.1) is 0 Å². The van der Waals surface area contributed by atoms with Gasteiger partial charge in [0.1, 0.15) is 17.5 Å². The topological polar surface area (TPSA) is 67.7 Å². The van der Waals surface area contributed by atoms with Crippen molar-refractivity contribution in [2.75, 3.05) is 24.2 Å². The van der Waals surface area contributed by atoms with E-state index in [-0.39, 0.29) is 0 Å². The smallest absolute Gasteiger partial charge is 0.136 e. The molecule has 0 unspecified atom stereocenters. The van der Waals surface area contributed by atoms with Crippen molar-refractivity contribution in [2.45, 2.75) is 25.2 Å². The predicted octanol–water partition coefficient (Wildman–Crippen LogP) is 1.78. The Morgan fingerprint density at radius 1 is 1.30 bits per heavy atom. The third-order valence-electron chi connectivity index (χ3n) is 3.40. The monoisotopic (exact) mass is 272 g/mol. The Balaban J connectivity index is 1.62. The Bertz CT molecular complexity index is 587. The van der Waals surface area contributed by atoms with Crippen LogP contribution in [0, 0.1) is 0 Å². The first kappa shape index (κ1) is 12.9. The van der Waals surface area contributed by atoms with Gasteiger partial charge in [0.25, 0.3) is 0 Å².